The van der Waals surface area contributed by atoms with Gasteiger partial charge in [-0.3, -0.25) is 0 Å². The van der Waals surface area contributed by atoms with Crippen LogP contribution in [0.15, 0.2) is 30.3 Å². The molecule has 2 fully saturated rings. The number of hydrogen-bond donors (Lipinski definition) is 1. The van der Waals surface area contributed by atoms with Crippen molar-refractivity contribution in [3.05, 3.63) is 35.9 Å². The highest BCUT2D eigenvalue weighted by Crippen LogP contribution is 2.42. The van der Waals surface area contributed by atoms with Gasteiger partial charge in [-0.25, -0.2) is 9.59 Å². The van der Waals surface area contributed by atoms with Crippen molar-refractivity contribution in [2.24, 2.45) is 5.92 Å². The second kappa shape index (κ2) is 11.4. The minimum absolute atomic E-state index is 0. The molecule has 0 aromatic heterocycles. The number of rotatable bonds is 9. The largest absolute Gasteiger partial charge is 1.00 e. The number of halogens is 1. The molecule has 174 valence electrons. The molecule has 31 heavy (non-hydrogen) atoms. The summed E-state index contributed by atoms with van der Waals surface area (Å²) >= 11 is 0. The number of carbonyl (C=O) groups excluding carboxylic acids is 2. The van der Waals surface area contributed by atoms with Gasteiger partial charge in [0.05, 0.1) is 20.2 Å². The van der Waals surface area contributed by atoms with Crippen LogP contribution in [0.25, 0.3) is 0 Å². The maximum Gasteiger partial charge on any atom is 0.361 e. The molecule has 1 saturated heterocycles. The predicted molar refractivity (Wildman–Crippen MR) is 113 cm³/mol. The fourth-order valence-electron chi connectivity index (χ4n) is 4.85. The van der Waals surface area contributed by atoms with Crippen LogP contribution in [0.1, 0.15) is 57.4 Å². The van der Waals surface area contributed by atoms with Gasteiger partial charge in [0.25, 0.3) is 0 Å². The van der Waals surface area contributed by atoms with E-state index in [1.54, 1.807) is 12.1 Å². The Balaban J connectivity index is 0.00000341. The summed E-state index contributed by atoms with van der Waals surface area (Å²) in [5, 5.41) is 11.6. The molecule has 1 aliphatic heterocycles. The van der Waals surface area contributed by atoms with Crippen LogP contribution in [-0.2, 0) is 24.7 Å². The van der Waals surface area contributed by atoms with E-state index < -0.39 is 11.6 Å². The van der Waals surface area contributed by atoms with Gasteiger partial charge in [-0.15, -0.1) is 0 Å². The molecule has 1 aliphatic carbocycles. The van der Waals surface area contributed by atoms with Crippen molar-refractivity contribution in [3.63, 3.8) is 0 Å². The Labute approximate surface area is 196 Å². The van der Waals surface area contributed by atoms with E-state index in [0.717, 1.165) is 45.1 Å². The van der Waals surface area contributed by atoms with Crippen LogP contribution in [0.3, 0.4) is 0 Å². The molecule has 0 spiro atoms. The van der Waals surface area contributed by atoms with Crippen molar-refractivity contribution in [1.29, 1.82) is 0 Å². The van der Waals surface area contributed by atoms with Crippen LogP contribution >= 0.6 is 0 Å². The average molecular weight is 498 g/mol. The Bertz CT molecular complexity index is 724. The van der Waals surface area contributed by atoms with Crippen LogP contribution in [0, 0.1) is 5.92 Å². The van der Waals surface area contributed by atoms with Crippen molar-refractivity contribution in [2.45, 2.75) is 63.6 Å². The van der Waals surface area contributed by atoms with Crippen molar-refractivity contribution >= 4 is 11.9 Å². The maximum absolute atomic E-state index is 13.2. The van der Waals surface area contributed by atoms with Crippen molar-refractivity contribution < 1.29 is 45.6 Å². The number of likely N-dealkylation sites (N-methyl/N-ethyl adjacent to an activating group) is 1. The lowest BCUT2D eigenvalue weighted by atomic mass is 9.80. The van der Waals surface area contributed by atoms with Gasteiger partial charge >= 0.3 is 11.9 Å². The topological polar surface area (TPSA) is 72.8 Å². The first kappa shape index (κ1) is 25.8. The Kier molecular flexibility index (Phi) is 9.52. The Hall–Kier alpha value is -1.44. The molecular formula is C24H36BrNO5. The average Bonchev–Trinajstić information content (AvgIpc) is 3.39. The zero-order chi connectivity index (χ0) is 21.6. The van der Waals surface area contributed by atoms with Crippen molar-refractivity contribution in [2.75, 3.05) is 33.3 Å². The molecule has 2 aliphatic rings. The summed E-state index contributed by atoms with van der Waals surface area (Å²) in [6.45, 7) is 4.10. The highest BCUT2D eigenvalue weighted by molar-refractivity contribution is 5.81. The highest BCUT2D eigenvalue weighted by atomic mass is 79.9. The highest BCUT2D eigenvalue weighted by Gasteiger charge is 2.50. The lowest BCUT2D eigenvalue weighted by Gasteiger charge is -2.33. The molecule has 1 aromatic carbocycles. The molecule has 0 amide bonds. The van der Waals surface area contributed by atoms with E-state index in [2.05, 4.69) is 6.92 Å². The van der Waals surface area contributed by atoms with E-state index in [0.29, 0.717) is 29.6 Å². The third kappa shape index (κ3) is 6.30. The number of carbonyl (C=O) groups is 2. The number of quaternary nitrogens is 1. The molecule has 1 saturated carbocycles. The van der Waals surface area contributed by atoms with Crippen LogP contribution < -0.4 is 17.0 Å². The van der Waals surface area contributed by atoms with Crippen LogP contribution in [0.5, 0.6) is 0 Å². The zero-order valence-electron chi connectivity index (χ0n) is 18.7. The Morgan fingerprint density at radius 1 is 1.16 bits per heavy atom. The van der Waals surface area contributed by atoms with Gasteiger partial charge in [0.15, 0.2) is 18.2 Å². The number of nitrogens with zero attached hydrogens (tertiary/aromatic N) is 1. The molecule has 2 unspecified atom stereocenters. The minimum atomic E-state index is -1.61. The monoisotopic (exact) mass is 497 g/mol. The first-order valence-corrected chi connectivity index (χ1v) is 11.4. The van der Waals surface area contributed by atoms with Crippen LogP contribution in [-0.4, -0.2) is 60.9 Å². The van der Waals surface area contributed by atoms with E-state index in [1.165, 1.54) is 0 Å². The number of hydrogen-bond acceptors (Lipinski definition) is 5. The van der Waals surface area contributed by atoms with E-state index >= 15 is 0 Å². The Morgan fingerprint density at radius 3 is 2.48 bits per heavy atom. The van der Waals surface area contributed by atoms with Crippen LogP contribution in [0.4, 0.5) is 0 Å². The van der Waals surface area contributed by atoms with E-state index in [1.807, 2.05) is 25.2 Å². The molecule has 0 bridgehead atoms. The number of esters is 2. The summed E-state index contributed by atoms with van der Waals surface area (Å²) in [5.74, 6) is -0.877. The first-order chi connectivity index (χ1) is 14.4. The molecule has 3 atom stereocenters. The standard InChI is InChI=1S/C24H36NO5.BrH/c1-3-4-16-29-22(26)18-25(2)15-14-21(17-25)30-23(27)24(28,20-12-8-9-13-20)19-10-6-5-7-11-19;/h5-7,10-11,20-21,28H,3-4,8-9,12-18H2,1-2H3;1H/q+1;/p-1/t21?,24-,25?;/m0./s1. The summed E-state index contributed by atoms with van der Waals surface area (Å²) in [4.78, 5) is 25.4. The fourth-order valence-corrected chi connectivity index (χ4v) is 4.85. The predicted octanol–water partition coefficient (Wildman–Crippen LogP) is 0.174. The molecule has 6 nitrogen and oxygen atoms in total. The Morgan fingerprint density at radius 2 is 1.84 bits per heavy atom. The molecule has 1 heterocycles. The summed E-state index contributed by atoms with van der Waals surface area (Å²) in [6.07, 6.45) is 5.92. The van der Waals surface area contributed by atoms with Gasteiger partial charge in [0, 0.05) is 12.3 Å². The third-order valence-corrected chi connectivity index (χ3v) is 6.65. The minimum Gasteiger partial charge on any atom is -1.00 e. The molecular weight excluding hydrogens is 462 g/mol. The summed E-state index contributed by atoms with van der Waals surface area (Å²) in [7, 11) is 2.00. The van der Waals surface area contributed by atoms with E-state index in [-0.39, 0.29) is 41.5 Å². The second-order valence-corrected chi connectivity index (χ2v) is 9.19. The number of benzene rings is 1. The quantitative estimate of drug-likeness (QED) is 0.299. The van der Waals surface area contributed by atoms with Crippen molar-refractivity contribution in [3.8, 4) is 0 Å². The summed E-state index contributed by atoms with van der Waals surface area (Å²) in [5.41, 5.74) is -1.00. The molecule has 0 radical (unpaired) electrons. The van der Waals surface area contributed by atoms with Gasteiger partial charge in [-0.05, 0) is 24.8 Å². The van der Waals surface area contributed by atoms with Gasteiger partial charge in [-0.2, -0.15) is 0 Å². The molecule has 7 heteroatoms. The zero-order valence-corrected chi connectivity index (χ0v) is 20.3. The lowest BCUT2D eigenvalue weighted by molar-refractivity contribution is -0.891. The summed E-state index contributed by atoms with van der Waals surface area (Å²) < 4.78 is 11.7. The lowest BCUT2D eigenvalue weighted by Crippen LogP contribution is -3.00. The SMILES string of the molecule is CCCCOC(=O)C[N+]1(C)CCC(OC(=O)[C@](O)(c2ccccc2)C2CCCC2)C1.[Br-]. The molecule has 1 N–H and O–H groups in total. The maximum atomic E-state index is 13.2. The summed E-state index contributed by atoms with van der Waals surface area (Å²) in [6, 6.07) is 9.18. The normalized spacial score (nSPS) is 25.5. The smallest absolute Gasteiger partial charge is 0.361 e. The van der Waals surface area contributed by atoms with Gasteiger partial charge in [0.1, 0.15) is 6.54 Å². The van der Waals surface area contributed by atoms with Crippen LogP contribution in [0.2, 0.25) is 0 Å². The van der Waals surface area contributed by atoms with Gasteiger partial charge in [0.2, 0.25) is 0 Å². The van der Waals surface area contributed by atoms with Crippen molar-refractivity contribution in [1.82, 2.24) is 0 Å². The first-order valence-electron chi connectivity index (χ1n) is 11.4. The number of aliphatic hydroxyl groups is 1. The number of unbranched alkanes of at least 4 members (excludes halogenated alkanes) is 1. The van der Waals surface area contributed by atoms with Gasteiger partial charge in [-0.1, -0.05) is 56.5 Å². The fraction of sp³-hybridized carbons (Fsp3) is 0.667. The second-order valence-electron chi connectivity index (χ2n) is 9.19. The van der Waals surface area contributed by atoms with Gasteiger partial charge < -0.3 is 36.0 Å². The number of likely N-dealkylation sites (tertiary alicyclic amines) is 1. The van der Waals surface area contributed by atoms with E-state index in [9.17, 15) is 14.7 Å². The molecule has 3 rings (SSSR count). The van der Waals surface area contributed by atoms with E-state index in [4.69, 9.17) is 9.47 Å². The third-order valence-electron chi connectivity index (χ3n) is 6.65. The number of ether oxygens (including phenoxy) is 2. The molecule has 1 aromatic rings.